The van der Waals surface area contributed by atoms with E-state index in [0.717, 1.165) is 11.3 Å². The molecule has 0 aliphatic carbocycles. The molecule has 1 atom stereocenters. The molecule has 20 heavy (non-hydrogen) atoms. The average Bonchev–Trinajstić information content (AvgIpc) is 2.47. The largest absolute Gasteiger partial charge is 0.385 e. The first-order valence-electron chi connectivity index (χ1n) is 6.71. The van der Waals surface area contributed by atoms with E-state index in [4.69, 9.17) is 0 Å². The van der Waals surface area contributed by atoms with Gasteiger partial charge in [-0.25, -0.2) is 0 Å². The molecule has 2 aromatic carbocycles. The van der Waals surface area contributed by atoms with E-state index in [9.17, 15) is 9.90 Å². The summed E-state index contributed by atoms with van der Waals surface area (Å²) < 4.78 is 0. The molecule has 1 amide bonds. The molecule has 0 aliphatic heterocycles. The first-order valence-corrected chi connectivity index (χ1v) is 6.71. The van der Waals surface area contributed by atoms with Gasteiger partial charge in [0.15, 0.2) is 0 Å². The number of amides is 1. The lowest BCUT2D eigenvalue weighted by Crippen LogP contribution is -2.24. The minimum atomic E-state index is -0.991. The van der Waals surface area contributed by atoms with E-state index in [1.165, 1.54) is 0 Å². The van der Waals surface area contributed by atoms with Crippen LogP contribution in [0.1, 0.15) is 25.3 Å². The van der Waals surface area contributed by atoms with Crippen LogP contribution in [-0.2, 0) is 10.4 Å². The number of para-hydroxylation sites is 1. The molecule has 0 spiro atoms. The molecular formula is C17H19NO2. The number of carbonyl (C=O) groups excluding carboxylic acids is 1. The molecule has 2 rings (SSSR count). The molecule has 3 heteroatoms. The Balaban J connectivity index is 1.90. The Morgan fingerprint density at radius 3 is 2.20 bits per heavy atom. The highest BCUT2D eigenvalue weighted by Crippen LogP contribution is 2.25. The van der Waals surface area contributed by atoms with Gasteiger partial charge in [-0.2, -0.15) is 0 Å². The smallest absolute Gasteiger partial charge is 0.224 e. The summed E-state index contributed by atoms with van der Waals surface area (Å²) in [6.07, 6.45) is 0.659. The number of hydrogen-bond donors (Lipinski definition) is 2. The second-order valence-electron chi connectivity index (χ2n) is 5.05. The van der Waals surface area contributed by atoms with Crippen LogP contribution < -0.4 is 5.32 Å². The normalized spacial score (nSPS) is 13.5. The molecule has 0 radical (unpaired) electrons. The third-order valence-electron chi connectivity index (χ3n) is 3.29. The molecule has 0 heterocycles. The molecule has 0 bridgehead atoms. The third-order valence-corrected chi connectivity index (χ3v) is 3.29. The van der Waals surface area contributed by atoms with Gasteiger partial charge in [-0.15, -0.1) is 0 Å². The summed E-state index contributed by atoms with van der Waals surface area (Å²) in [5.74, 6) is -0.0904. The van der Waals surface area contributed by atoms with E-state index in [0.29, 0.717) is 6.42 Å². The van der Waals surface area contributed by atoms with Crippen molar-refractivity contribution in [3.63, 3.8) is 0 Å². The van der Waals surface area contributed by atoms with Crippen molar-refractivity contribution in [3.8, 4) is 0 Å². The lowest BCUT2D eigenvalue weighted by Gasteiger charge is -2.23. The maximum Gasteiger partial charge on any atom is 0.224 e. The Kier molecular flexibility index (Phi) is 4.53. The molecule has 0 fully saturated rings. The number of anilines is 1. The van der Waals surface area contributed by atoms with Gasteiger partial charge >= 0.3 is 0 Å². The molecule has 0 aliphatic rings. The molecule has 1 unspecified atom stereocenters. The van der Waals surface area contributed by atoms with Crippen molar-refractivity contribution in [3.05, 3.63) is 66.2 Å². The summed E-state index contributed by atoms with van der Waals surface area (Å²) in [4.78, 5) is 11.9. The van der Waals surface area contributed by atoms with E-state index in [1.807, 2.05) is 60.7 Å². The summed E-state index contributed by atoms with van der Waals surface area (Å²) in [5, 5.41) is 13.2. The Morgan fingerprint density at radius 2 is 1.60 bits per heavy atom. The minimum Gasteiger partial charge on any atom is -0.385 e. The SMILES string of the molecule is CC(O)(CCC(=O)Nc1ccccc1)c1ccccc1. The van der Waals surface area contributed by atoms with Crippen LogP contribution in [0.5, 0.6) is 0 Å². The van der Waals surface area contributed by atoms with Crippen LogP contribution in [0.15, 0.2) is 60.7 Å². The number of nitrogens with one attached hydrogen (secondary N) is 1. The fourth-order valence-electron chi connectivity index (χ4n) is 2.04. The van der Waals surface area contributed by atoms with Crippen LogP contribution in [0.2, 0.25) is 0 Å². The van der Waals surface area contributed by atoms with Crippen LogP contribution in [-0.4, -0.2) is 11.0 Å². The molecule has 0 saturated heterocycles. The van der Waals surface area contributed by atoms with Crippen molar-refractivity contribution in [2.45, 2.75) is 25.4 Å². The van der Waals surface area contributed by atoms with Gasteiger partial charge in [0, 0.05) is 12.1 Å². The third kappa shape index (κ3) is 3.93. The fourth-order valence-corrected chi connectivity index (χ4v) is 2.04. The maximum atomic E-state index is 11.9. The van der Waals surface area contributed by atoms with Gasteiger partial charge in [0.25, 0.3) is 0 Å². The summed E-state index contributed by atoms with van der Waals surface area (Å²) in [6.45, 7) is 1.73. The molecular weight excluding hydrogens is 250 g/mol. The van der Waals surface area contributed by atoms with E-state index < -0.39 is 5.60 Å². The molecule has 2 N–H and O–H groups in total. The lowest BCUT2D eigenvalue weighted by atomic mass is 9.91. The van der Waals surface area contributed by atoms with Gasteiger partial charge < -0.3 is 10.4 Å². The van der Waals surface area contributed by atoms with Crippen LogP contribution in [0, 0.1) is 0 Å². The van der Waals surface area contributed by atoms with E-state index in [1.54, 1.807) is 6.92 Å². The van der Waals surface area contributed by atoms with Gasteiger partial charge in [0.2, 0.25) is 5.91 Å². The predicted molar refractivity (Wildman–Crippen MR) is 80.3 cm³/mol. The van der Waals surface area contributed by atoms with Gasteiger partial charge in [-0.1, -0.05) is 48.5 Å². The zero-order valence-electron chi connectivity index (χ0n) is 11.5. The van der Waals surface area contributed by atoms with Crippen LogP contribution in [0.25, 0.3) is 0 Å². The first-order chi connectivity index (χ1) is 9.58. The van der Waals surface area contributed by atoms with Crippen molar-refractivity contribution in [2.24, 2.45) is 0 Å². The Labute approximate surface area is 119 Å². The number of benzene rings is 2. The van der Waals surface area contributed by atoms with Gasteiger partial charge in [0.1, 0.15) is 0 Å². The van der Waals surface area contributed by atoms with Gasteiger partial charge in [0.05, 0.1) is 5.60 Å². The number of carbonyl (C=O) groups is 1. The van der Waals surface area contributed by atoms with Crippen LogP contribution in [0.4, 0.5) is 5.69 Å². The van der Waals surface area contributed by atoms with E-state index >= 15 is 0 Å². The van der Waals surface area contributed by atoms with Gasteiger partial charge in [-0.05, 0) is 31.0 Å². The zero-order chi connectivity index (χ0) is 14.4. The maximum absolute atomic E-state index is 11.9. The van der Waals surface area contributed by atoms with Crippen LogP contribution >= 0.6 is 0 Å². The van der Waals surface area contributed by atoms with Crippen LogP contribution in [0.3, 0.4) is 0 Å². The van der Waals surface area contributed by atoms with Crippen molar-refractivity contribution in [2.75, 3.05) is 5.32 Å². The van der Waals surface area contributed by atoms with Gasteiger partial charge in [-0.3, -0.25) is 4.79 Å². The molecule has 2 aromatic rings. The van der Waals surface area contributed by atoms with E-state index in [-0.39, 0.29) is 12.3 Å². The molecule has 0 aromatic heterocycles. The zero-order valence-corrected chi connectivity index (χ0v) is 11.5. The Hall–Kier alpha value is -2.13. The highest BCUT2D eigenvalue weighted by Gasteiger charge is 2.23. The fraction of sp³-hybridized carbons (Fsp3) is 0.235. The molecule has 3 nitrogen and oxygen atoms in total. The lowest BCUT2D eigenvalue weighted by molar-refractivity contribution is -0.117. The summed E-state index contributed by atoms with van der Waals surface area (Å²) >= 11 is 0. The summed E-state index contributed by atoms with van der Waals surface area (Å²) in [6, 6.07) is 18.7. The monoisotopic (exact) mass is 269 g/mol. The van der Waals surface area contributed by atoms with E-state index in [2.05, 4.69) is 5.32 Å². The summed E-state index contributed by atoms with van der Waals surface area (Å²) in [5.41, 5.74) is 0.610. The highest BCUT2D eigenvalue weighted by atomic mass is 16.3. The number of hydrogen-bond acceptors (Lipinski definition) is 2. The number of rotatable bonds is 5. The topological polar surface area (TPSA) is 49.3 Å². The average molecular weight is 269 g/mol. The van der Waals surface area contributed by atoms with Crippen molar-refractivity contribution >= 4 is 11.6 Å². The van der Waals surface area contributed by atoms with Crippen molar-refractivity contribution in [1.82, 2.24) is 0 Å². The summed E-state index contributed by atoms with van der Waals surface area (Å²) in [7, 11) is 0. The molecule has 0 saturated carbocycles. The Morgan fingerprint density at radius 1 is 1.05 bits per heavy atom. The standard InChI is InChI=1S/C17H19NO2/c1-17(20,14-8-4-2-5-9-14)13-12-16(19)18-15-10-6-3-7-11-15/h2-11,20H,12-13H2,1H3,(H,18,19). The van der Waals surface area contributed by atoms with Crippen molar-refractivity contribution < 1.29 is 9.90 Å². The number of aliphatic hydroxyl groups is 1. The minimum absolute atomic E-state index is 0.0904. The first kappa shape index (κ1) is 14.3. The quantitative estimate of drug-likeness (QED) is 0.875. The highest BCUT2D eigenvalue weighted by molar-refractivity contribution is 5.90. The predicted octanol–water partition coefficient (Wildman–Crippen LogP) is 3.31. The molecule has 104 valence electrons. The Bertz CT molecular complexity index is 550. The second kappa shape index (κ2) is 6.35. The van der Waals surface area contributed by atoms with Crippen molar-refractivity contribution in [1.29, 1.82) is 0 Å². The second-order valence-corrected chi connectivity index (χ2v) is 5.05.